The summed E-state index contributed by atoms with van der Waals surface area (Å²) in [5.74, 6) is -0.167. The second-order valence-corrected chi connectivity index (χ2v) is 7.56. The first-order valence-electron chi connectivity index (χ1n) is 9.77. The van der Waals surface area contributed by atoms with Gasteiger partial charge in [-0.05, 0) is 66.6 Å². The molecule has 0 unspecified atom stereocenters. The Balaban J connectivity index is 1.58. The maximum atomic E-state index is 12.9. The van der Waals surface area contributed by atoms with Gasteiger partial charge in [-0.25, -0.2) is 0 Å². The number of fused-ring (bicyclic) bond motifs is 1. The lowest BCUT2D eigenvalue weighted by Crippen LogP contribution is -2.12. The van der Waals surface area contributed by atoms with Crippen molar-refractivity contribution in [3.8, 4) is 11.1 Å². The summed E-state index contributed by atoms with van der Waals surface area (Å²) in [4.78, 5) is 19.4. The first-order chi connectivity index (χ1) is 14.4. The predicted octanol–water partition coefficient (Wildman–Crippen LogP) is 5.11. The first kappa shape index (κ1) is 19.5. The SMILES string of the molecule is Cc1cc(N)c2cc(NC(=O)c3cccc(-c4ccc(N(C)C)cc4)c3)ccc2n1. The van der Waals surface area contributed by atoms with Gasteiger partial charge in [0, 0.05) is 47.8 Å². The Labute approximate surface area is 176 Å². The molecule has 0 fully saturated rings. The third kappa shape index (κ3) is 3.96. The van der Waals surface area contributed by atoms with Gasteiger partial charge in [0.25, 0.3) is 5.91 Å². The molecule has 1 aromatic heterocycles. The minimum absolute atomic E-state index is 0.167. The average molecular weight is 396 g/mol. The van der Waals surface area contributed by atoms with Gasteiger partial charge < -0.3 is 16.0 Å². The van der Waals surface area contributed by atoms with Crippen LogP contribution in [-0.4, -0.2) is 25.0 Å². The number of amides is 1. The van der Waals surface area contributed by atoms with Crippen LogP contribution in [0.4, 0.5) is 17.1 Å². The molecule has 3 aromatic carbocycles. The monoisotopic (exact) mass is 396 g/mol. The molecular formula is C25H24N4O. The predicted molar refractivity (Wildman–Crippen MR) is 125 cm³/mol. The third-order valence-electron chi connectivity index (χ3n) is 5.07. The van der Waals surface area contributed by atoms with Gasteiger partial charge in [0.15, 0.2) is 0 Å². The number of pyridine rings is 1. The van der Waals surface area contributed by atoms with E-state index in [2.05, 4.69) is 39.5 Å². The molecule has 4 rings (SSSR count). The molecular weight excluding hydrogens is 372 g/mol. The number of nitrogens with one attached hydrogen (secondary N) is 1. The molecule has 0 aliphatic rings. The maximum absolute atomic E-state index is 12.9. The number of hydrogen-bond donors (Lipinski definition) is 2. The Morgan fingerprint density at radius 3 is 2.43 bits per heavy atom. The number of nitrogens with two attached hydrogens (primary N) is 1. The minimum Gasteiger partial charge on any atom is -0.398 e. The molecule has 0 saturated heterocycles. The summed E-state index contributed by atoms with van der Waals surface area (Å²) in [6.07, 6.45) is 0. The molecule has 4 aromatic rings. The third-order valence-corrected chi connectivity index (χ3v) is 5.07. The highest BCUT2D eigenvalue weighted by molar-refractivity contribution is 6.06. The Morgan fingerprint density at radius 1 is 0.933 bits per heavy atom. The zero-order valence-corrected chi connectivity index (χ0v) is 17.3. The van der Waals surface area contributed by atoms with Gasteiger partial charge >= 0.3 is 0 Å². The van der Waals surface area contributed by atoms with Gasteiger partial charge in [0.2, 0.25) is 0 Å². The van der Waals surface area contributed by atoms with Gasteiger partial charge in [-0.2, -0.15) is 0 Å². The second kappa shape index (κ2) is 7.87. The number of aromatic nitrogens is 1. The highest BCUT2D eigenvalue weighted by Gasteiger charge is 2.10. The Morgan fingerprint density at radius 2 is 1.70 bits per heavy atom. The molecule has 30 heavy (non-hydrogen) atoms. The smallest absolute Gasteiger partial charge is 0.255 e. The van der Waals surface area contributed by atoms with Gasteiger partial charge in [0.1, 0.15) is 0 Å². The van der Waals surface area contributed by atoms with Crippen LogP contribution in [0.1, 0.15) is 16.1 Å². The van der Waals surface area contributed by atoms with Crippen molar-refractivity contribution < 1.29 is 4.79 Å². The van der Waals surface area contributed by atoms with Gasteiger partial charge in [-0.15, -0.1) is 0 Å². The summed E-state index contributed by atoms with van der Waals surface area (Å²) >= 11 is 0. The van der Waals surface area contributed by atoms with Crippen LogP contribution in [0, 0.1) is 6.92 Å². The van der Waals surface area contributed by atoms with E-state index in [1.807, 2.05) is 69.6 Å². The molecule has 150 valence electrons. The summed E-state index contributed by atoms with van der Waals surface area (Å²) in [5, 5.41) is 3.79. The van der Waals surface area contributed by atoms with E-state index in [4.69, 9.17) is 5.73 Å². The Bertz CT molecular complexity index is 1230. The van der Waals surface area contributed by atoms with Crippen LogP contribution in [0.3, 0.4) is 0 Å². The van der Waals surface area contributed by atoms with E-state index < -0.39 is 0 Å². The van der Waals surface area contributed by atoms with Crippen molar-refractivity contribution in [1.29, 1.82) is 0 Å². The lowest BCUT2D eigenvalue weighted by atomic mass is 10.0. The van der Waals surface area contributed by atoms with Crippen molar-refractivity contribution in [2.75, 3.05) is 30.0 Å². The first-order valence-corrected chi connectivity index (χ1v) is 9.77. The number of aryl methyl sites for hydroxylation is 1. The summed E-state index contributed by atoms with van der Waals surface area (Å²) in [6, 6.07) is 23.3. The van der Waals surface area contributed by atoms with Crippen molar-refractivity contribution >= 4 is 33.9 Å². The molecule has 0 atom stereocenters. The fraction of sp³-hybridized carbons (Fsp3) is 0.120. The fourth-order valence-electron chi connectivity index (χ4n) is 3.46. The number of nitrogens with zero attached hydrogens (tertiary/aromatic N) is 2. The fourth-order valence-corrected chi connectivity index (χ4v) is 3.46. The quantitative estimate of drug-likeness (QED) is 0.503. The van der Waals surface area contributed by atoms with Gasteiger partial charge in [-0.1, -0.05) is 24.3 Å². The molecule has 3 N–H and O–H groups in total. The number of benzene rings is 3. The molecule has 0 bridgehead atoms. The van der Waals surface area contributed by atoms with Crippen LogP contribution in [0.2, 0.25) is 0 Å². The van der Waals surface area contributed by atoms with Crippen LogP contribution in [0.25, 0.3) is 22.0 Å². The molecule has 5 heteroatoms. The topological polar surface area (TPSA) is 71.2 Å². The number of nitrogen functional groups attached to an aromatic ring is 1. The largest absolute Gasteiger partial charge is 0.398 e. The van der Waals surface area contributed by atoms with E-state index >= 15 is 0 Å². The number of rotatable bonds is 4. The second-order valence-electron chi connectivity index (χ2n) is 7.56. The van der Waals surface area contributed by atoms with E-state index in [9.17, 15) is 4.79 Å². The van der Waals surface area contributed by atoms with Crippen LogP contribution >= 0.6 is 0 Å². The van der Waals surface area contributed by atoms with E-state index in [0.29, 0.717) is 16.9 Å². The molecule has 0 saturated carbocycles. The summed E-state index contributed by atoms with van der Waals surface area (Å²) in [6.45, 7) is 1.91. The molecule has 1 amide bonds. The zero-order chi connectivity index (χ0) is 21.3. The van der Waals surface area contributed by atoms with Gasteiger partial charge in [-0.3, -0.25) is 9.78 Å². The molecule has 0 aliphatic heterocycles. The van der Waals surface area contributed by atoms with E-state index in [-0.39, 0.29) is 5.91 Å². The average Bonchev–Trinajstić information content (AvgIpc) is 2.74. The highest BCUT2D eigenvalue weighted by Crippen LogP contribution is 2.26. The normalized spacial score (nSPS) is 10.8. The summed E-state index contributed by atoms with van der Waals surface area (Å²) in [7, 11) is 4.02. The van der Waals surface area contributed by atoms with Crippen molar-refractivity contribution in [2.24, 2.45) is 0 Å². The molecule has 1 heterocycles. The summed E-state index contributed by atoms with van der Waals surface area (Å²) < 4.78 is 0. The van der Waals surface area contributed by atoms with Crippen molar-refractivity contribution in [1.82, 2.24) is 4.98 Å². The Kier molecular flexibility index (Phi) is 5.11. The maximum Gasteiger partial charge on any atom is 0.255 e. The van der Waals surface area contributed by atoms with Crippen LogP contribution in [0.15, 0.2) is 72.8 Å². The lowest BCUT2D eigenvalue weighted by Gasteiger charge is -2.13. The Hall–Kier alpha value is -3.86. The molecule has 0 radical (unpaired) electrons. The van der Waals surface area contributed by atoms with Crippen LogP contribution in [0.5, 0.6) is 0 Å². The van der Waals surface area contributed by atoms with E-state index in [1.54, 1.807) is 0 Å². The minimum atomic E-state index is -0.167. The molecule has 5 nitrogen and oxygen atoms in total. The number of anilines is 3. The number of hydrogen-bond acceptors (Lipinski definition) is 4. The summed E-state index contributed by atoms with van der Waals surface area (Å²) in [5.41, 5.74) is 12.9. The van der Waals surface area contributed by atoms with E-state index in [1.165, 1.54) is 0 Å². The standard InChI is InChI=1S/C25H24N4O/c1-16-13-23(26)22-15-20(9-12-24(22)27-16)28-25(30)19-6-4-5-18(14-19)17-7-10-21(11-8-17)29(2)3/h4-15H,1-3H3,(H2,26,27)(H,28,30). The number of carbonyl (C=O) groups excluding carboxylic acids is 1. The zero-order valence-electron chi connectivity index (χ0n) is 17.3. The van der Waals surface area contributed by atoms with Crippen LogP contribution < -0.4 is 16.0 Å². The molecule has 0 spiro atoms. The van der Waals surface area contributed by atoms with Crippen molar-refractivity contribution in [3.63, 3.8) is 0 Å². The van der Waals surface area contributed by atoms with Crippen LogP contribution in [-0.2, 0) is 0 Å². The lowest BCUT2D eigenvalue weighted by molar-refractivity contribution is 0.102. The van der Waals surface area contributed by atoms with Crippen molar-refractivity contribution in [2.45, 2.75) is 6.92 Å². The van der Waals surface area contributed by atoms with E-state index in [0.717, 1.165) is 33.4 Å². The van der Waals surface area contributed by atoms with Crippen molar-refractivity contribution in [3.05, 3.63) is 84.1 Å². The number of carbonyl (C=O) groups is 1. The highest BCUT2D eigenvalue weighted by atomic mass is 16.1. The molecule has 0 aliphatic carbocycles. The van der Waals surface area contributed by atoms with Gasteiger partial charge in [0.05, 0.1) is 5.52 Å².